The molecule has 540 valence electrons. The van der Waals surface area contributed by atoms with Crippen molar-refractivity contribution in [2.45, 2.75) is 107 Å². The van der Waals surface area contributed by atoms with Gasteiger partial charge in [0.15, 0.2) is 30.7 Å². The van der Waals surface area contributed by atoms with Crippen LogP contribution in [0.4, 0.5) is 23.6 Å². The lowest BCUT2D eigenvalue weighted by Crippen LogP contribution is -2.45. The predicted molar refractivity (Wildman–Crippen MR) is 362 cm³/mol. The van der Waals surface area contributed by atoms with E-state index in [-0.39, 0.29) is 76.9 Å². The van der Waals surface area contributed by atoms with Gasteiger partial charge in [0, 0.05) is 106 Å². The number of Topliss-reactive ketones (excluding diaryl/α,β-unsaturated/α-hetero) is 1. The molecule has 0 bridgehead atoms. The number of aliphatic hydroxyl groups is 3. The summed E-state index contributed by atoms with van der Waals surface area (Å²) < 4.78 is 60.5. The zero-order valence-electron chi connectivity index (χ0n) is 59.0. The largest absolute Gasteiger partial charge is 0.467 e. The minimum Gasteiger partial charge on any atom is -0.467 e. The number of aliphatic hydroxyl groups excluding tert-OH is 2. The summed E-state index contributed by atoms with van der Waals surface area (Å²) in [5.74, 6) is -1.39. The normalized spacial score (nSPS) is 19.9. The SMILES string of the molecule is CO.CO.COC(=O)C1(O)CCN(C(=O)OCc2ccccc2)C1.COC(=O)C1(OC)CCN(C(=O)OCc2ccccc2)C1.COC(=O)C1(OC)CCNC1.C[Si](C)(C)C#N.O=C1CCN(C(=O)OCc2ccccc2)C1.[2H]CF.[C-]#[N+]C1(C)CCN(C(=O)OCc2ccccc2)C1. The molecule has 5 heterocycles. The van der Waals surface area contributed by atoms with E-state index >= 15 is 0 Å². The first-order chi connectivity index (χ1) is 47.3. The van der Waals surface area contributed by atoms with E-state index in [0.29, 0.717) is 52.0 Å². The molecule has 0 aromatic heterocycles. The maximum Gasteiger partial charge on any atom is 0.410 e. The lowest BCUT2D eigenvalue weighted by atomic mass is 10.0. The molecule has 9 rings (SSSR count). The summed E-state index contributed by atoms with van der Waals surface area (Å²) in [6.45, 7) is 19.7. The number of β-amino-alcohol motifs (C(OH)–C–C–N with tert-alkyl or cyclic N) is 1. The van der Waals surface area contributed by atoms with Gasteiger partial charge in [-0.3, -0.25) is 14.1 Å². The highest BCUT2D eigenvalue weighted by Gasteiger charge is 2.49. The molecule has 4 unspecified atom stereocenters. The van der Waals surface area contributed by atoms with Gasteiger partial charge in [0.25, 0.3) is 0 Å². The molecule has 98 heavy (non-hydrogen) atoms. The van der Waals surface area contributed by atoms with Crippen molar-refractivity contribution in [2.24, 2.45) is 0 Å². The van der Waals surface area contributed by atoms with E-state index < -0.39 is 67.8 Å². The number of nitrogens with zero attached hydrogens (tertiary/aromatic N) is 6. The Morgan fingerprint density at radius 3 is 1.23 bits per heavy atom. The second-order valence-electron chi connectivity index (χ2n) is 23.2. The van der Waals surface area contributed by atoms with Crippen LogP contribution in [0.3, 0.4) is 0 Å². The number of likely N-dealkylation sites (tertiary alicyclic amines) is 4. The molecule has 4 aromatic rings. The summed E-state index contributed by atoms with van der Waals surface area (Å²) in [6.07, 6.45) is 0.667. The first-order valence-corrected chi connectivity index (χ1v) is 34.4. The van der Waals surface area contributed by atoms with Crippen LogP contribution in [0.15, 0.2) is 121 Å². The smallest absolute Gasteiger partial charge is 0.410 e. The van der Waals surface area contributed by atoms with Crippen LogP contribution in [0.1, 0.15) is 62.7 Å². The number of halogens is 1. The van der Waals surface area contributed by atoms with Crippen molar-refractivity contribution in [3.05, 3.63) is 155 Å². The summed E-state index contributed by atoms with van der Waals surface area (Å²) >= 11 is 0. The second kappa shape index (κ2) is 46.2. The fourth-order valence-electron chi connectivity index (χ4n) is 9.35. The summed E-state index contributed by atoms with van der Waals surface area (Å²) in [5, 5.41) is 35.3. The molecule has 27 nitrogen and oxygen atoms in total. The molecule has 0 radical (unpaired) electrons. The van der Waals surface area contributed by atoms with Gasteiger partial charge >= 0.3 is 42.3 Å². The van der Waals surface area contributed by atoms with E-state index in [9.17, 15) is 47.9 Å². The van der Waals surface area contributed by atoms with Crippen molar-refractivity contribution in [1.82, 2.24) is 24.9 Å². The lowest BCUT2D eigenvalue weighted by Gasteiger charge is -2.24. The van der Waals surface area contributed by atoms with Crippen LogP contribution in [0.5, 0.6) is 0 Å². The van der Waals surface area contributed by atoms with Crippen LogP contribution in [0.25, 0.3) is 4.85 Å². The molecule has 0 spiro atoms. The van der Waals surface area contributed by atoms with Gasteiger partial charge in [-0.25, -0.2) is 45.4 Å². The van der Waals surface area contributed by atoms with Gasteiger partial charge in [-0.05, 0) is 28.8 Å². The topological polar surface area (TPSA) is 333 Å². The van der Waals surface area contributed by atoms with Crippen LogP contribution in [0, 0.1) is 17.5 Å². The van der Waals surface area contributed by atoms with E-state index in [1.807, 2.05) is 148 Å². The monoisotopic (exact) mass is 1390 g/mol. The van der Waals surface area contributed by atoms with Gasteiger partial charge < -0.3 is 82.8 Å². The van der Waals surface area contributed by atoms with E-state index in [2.05, 4.69) is 25.3 Å². The number of hydrogen-bond acceptors (Lipinski definition) is 22. The molecular formula is C69H98FN7O20Si. The third-order valence-corrected chi connectivity index (χ3v) is 15.7. The second-order valence-corrected chi connectivity index (χ2v) is 27.9. The molecule has 4 aromatic carbocycles. The number of hydrogen-bond donors (Lipinski definition) is 4. The quantitative estimate of drug-likeness (QED) is 0.0434. The van der Waals surface area contributed by atoms with Crippen LogP contribution >= 0.6 is 0 Å². The number of ether oxygens (including phenoxy) is 9. The minimum absolute atomic E-state index is 0.0941. The Morgan fingerprint density at radius 1 is 0.571 bits per heavy atom. The average molecular weight is 1390 g/mol. The first kappa shape index (κ1) is 85.0. The van der Waals surface area contributed by atoms with Crippen LogP contribution in [-0.4, -0.2) is 236 Å². The molecule has 0 saturated carbocycles. The number of ketones is 1. The van der Waals surface area contributed by atoms with E-state index in [1.54, 1.807) is 4.90 Å². The maximum atomic E-state index is 12.0. The average Bonchev–Trinajstić information content (AvgIpc) is 1.68. The van der Waals surface area contributed by atoms with Gasteiger partial charge in [-0.15, -0.1) is 0 Å². The van der Waals surface area contributed by atoms with Gasteiger partial charge in [0.05, 0.1) is 49.5 Å². The van der Waals surface area contributed by atoms with Crippen LogP contribution < -0.4 is 5.32 Å². The summed E-state index contributed by atoms with van der Waals surface area (Å²) in [7, 11) is 6.53. The van der Waals surface area contributed by atoms with Gasteiger partial charge in [0.2, 0.25) is 5.54 Å². The Bertz CT molecular complexity index is 3130. The summed E-state index contributed by atoms with van der Waals surface area (Å²) in [4.78, 5) is 102. The van der Waals surface area contributed by atoms with Crippen LogP contribution in [-0.2, 0) is 88.2 Å². The van der Waals surface area contributed by atoms with Crippen molar-refractivity contribution >= 4 is 56.1 Å². The van der Waals surface area contributed by atoms with Gasteiger partial charge in [0.1, 0.15) is 33.0 Å². The summed E-state index contributed by atoms with van der Waals surface area (Å²) in [6, 6.07) is 37.8. The molecule has 5 aliphatic rings. The third-order valence-electron chi connectivity index (χ3n) is 15.0. The number of nitrogens with one attached hydrogen (secondary N) is 1. The molecule has 4 amide bonds. The van der Waals surface area contributed by atoms with E-state index in [1.165, 1.54) is 50.2 Å². The van der Waals surface area contributed by atoms with Crippen LogP contribution in [0.2, 0.25) is 19.6 Å². The van der Waals surface area contributed by atoms with Crippen molar-refractivity contribution < 1.29 is 102 Å². The Balaban J connectivity index is 0.000000598. The van der Waals surface area contributed by atoms with E-state index in [0.717, 1.165) is 49.4 Å². The van der Waals surface area contributed by atoms with Crippen molar-refractivity contribution in [3.8, 4) is 5.69 Å². The van der Waals surface area contributed by atoms with Gasteiger partial charge in [-0.2, -0.15) is 0 Å². The predicted octanol–water partition coefficient (Wildman–Crippen LogP) is 7.55. The lowest BCUT2D eigenvalue weighted by molar-refractivity contribution is -0.164. The van der Waals surface area contributed by atoms with Crippen molar-refractivity contribution in [2.75, 3.05) is 122 Å². The van der Waals surface area contributed by atoms with E-state index in [4.69, 9.17) is 56.6 Å². The Morgan fingerprint density at radius 2 is 0.918 bits per heavy atom. The molecule has 29 heteroatoms. The number of carbonyl (C=O) groups is 8. The molecule has 5 fully saturated rings. The Labute approximate surface area is 576 Å². The summed E-state index contributed by atoms with van der Waals surface area (Å²) in [5.41, 5.74) is 2.08. The third kappa shape index (κ3) is 30.1. The highest BCUT2D eigenvalue weighted by molar-refractivity contribution is 6.83. The standard InChI is InChI=1S/C15H19NO5.C14H16N2O2.C14H17NO5.C12H13NO3.C7H13NO3.C4H9NSi.CH3F.2CH4O/c1-19-13(17)15(20-2)8-9-16(11-15)14(18)21-10-12-6-4-3-5-7-12;1-14(15-2)8-9-16(11-14)13(17)18-10-12-6-4-3-5-7-12;1-19-12(16)14(18)7-8-15(10-14)13(17)20-9-11-5-3-2-4-6-11;14-11-6-7-13(8-11)12(15)16-9-10-4-2-1-3-5-10;1-10-6(9)7(11-2)3-4-8-5-7;1-6(2,3)4-5;3*1-2/h3-7H,8-11H2,1-2H3;3-7H,8-11H2,1H3;2-6,18H,7-10H2,1H3;1-5H,6-9H2;8H,3-5H2,1-2H3;1-3H3;1H3;2*2H,1H3/i;;;;;;1D;;. The van der Waals surface area contributed by atoms with Gasteiger partial charge in [-0.1, -0.05) is 141 Å². The van der Waals surface area contributed by atoms with Crippen molar-refractivity contribution in [3.63, 3.8) is 0 Å². The Kier molecular flexibility index (Phi) is 40.1. The highest BCUT2D eigenvalue weighted by Crippen LogP contribution is 2.28. The molecule has 5 aliphatic heterocycles. The number of amides is 4. The number of nitriles is 1. The number of benzene rings is 4. The number of rotatable bonds is 13. The number of alkyl halides is 1. The fourth-order valence-corrected chi connectivity index (χ4v) is 9.35. The molecule has 4 N–H and O–H groups in total. The molecule has 0 aliphatic carbocycles. The fraction of sp³-hybridized carbons (Fsp3) is 0.507. The highest BCUT2D eigenvalue weighted by atomic mass is 28.3. The molecule has 4 atom stereocenters. The number of methoxy groups -OCH3 is 5. The molecular weight excluding hydrogens is 1290 g/mol. The Hall–Kier alpha value is -9.07. The zero-order valence-corrected chi connectivity index (χ0v) is 59.0. The number of carbonyl (C=O) groups excluding carboxylic acids is 8. The first-order valence-electron chi connectivity index (χ1n) is 31.7. The number of esters is 3. The van der Waals surface area contributed by atoms with Crippen molar-refractivity contribution in [1.29, 1.82) is 5.26 Å². The zero-order chi connectivity index (χ0) is 74.5. The minimum atomic E-state index is -1.62. The maximum absolute atomic E-state index is 12.0. The molecule has 5 saturated heterocycles.